The number of hydrogen-bond acceptors (Lipinski definition) is 2. The van der Waals surface area contributed by atoms with Crippen molar-refractivity contribution in [2.45, 2.75) is 25.1 Å². The quantitative estimate of drug-likeness (QED) is 0.752. The molecular formula is C18H19ClO2. The molecule has 0 fully saturated rings. The van der Waals surface area contributed by atoms with Crippen LogP contribution in [0.25, 0.3) is 0 Å². The Morgan fingerprint density at radius 3 is 2.90 bits per heavy atom. The molecule has 0 saturated heterocycles. The molecule has 0 aliphatic carbocycles. The van der Waals surface area contributed by atoms with Gasteiger partial charge in [0.1, 0.15) is 11.5 Å². The lowest BCUT2D eigenvalue weighted by Crippen LogP contribution is -2.10. The molecule has 2 unspecified atom stereocenters. The van der Waals surface area contributed by atoms with Crippen LogP contribution in [0.4, 0.5) is 0 Å². The Kier molecular flexibility index (Phi) is 4.07. The highest BCUT2D eigenvalue weighted by atomic mass is 35.5. The van der Waals surface area contributed by atoms with Gasteiger partial charge < -0.3 is 9.47 Å². The van der Waals surface area contributed by atoms with Gasteiger partial charge in [-0.1, -0.05) is 35.9 Å². The fourth-order valence-electron chi connectivity index (χ4n) is 2.82. The Morgan fingerprint density at radius 1 is 1.29 bits per heavy atom. The number of para-hydroxylation sites is 1. The Hall–Kier alpha value is -1.67. The minimum Gasteiger partial charge on any atom is -0.494 e. The van der Waals surface area contributed by atoms with Gasteiger partial charge in [0.25, 0.3) is 0 Å². The summed E-state index contributed by atoms with van der Waals surface area (Å²) in [5.74, 6) is 1.97. The molecule has 2 aromatic carbocycles. The third-order valence-corrected chi connectivity index (χ3v) is 4.39. The minimum atomic E-state index is -0.157. The van der Waals surface area contributed by atoms with Gasteiger partial charge in [-0.05, 0) is 26.0 Å². The van der Waals surface area contributed by atoms with E-state index in [1.165, 1.54) is 11.1 Å². The molecular weight excluding hydrogens is 284 g/mol. The van der Waals surface area contributed by atoms with Crippen molar-refractivity contribution in [2.24, 2.45) is 0 Å². The highest BCUT2D eigenvalue weighted by Gasteiger charge is 2.32. The predicted molar refractivity (Wildman–Crippen MR) is 85.6 cm³/mol. The maximum Gasteiger partial charge on any atom is 0.124 e. The summed E-state index contributed by atoms with van der Waals surface area (Å²) in [7, 11) is 0. The Labute approximate surface area is 130 Å². The van der Waals surface area contributed by atoms with Crippen molar-refractivity contribution in [1.29, 1.82) is 0 Å². The molecule has 3 rings (SSSR count). The maximum atomic E-state index is 6.79. The largest absolute Gasteiger partial charge is 0.494 e. The van der Waals surface area contributed by atoms with Crippen LogP contribution in [0.2, 0.25) is 0 Å². The average molecular weight is 303 g/mol. The number of alkyl halides is 1. The van der Waals surface area contributed by atoms with Gasteiger partial charge in [0.05, 0.1) is 18.6 Å². The molecule has 0 saturated carbocycles. The molecule has 0 radical (unpaired) electrons. The number of hydrogen-bond donors (Lipinski definition) is 0. The third-order valence-electron chi connectivity index (χ3n) is 3.85. The van der Waals surface area contributed by atoms with Crippen molar-refractivity contribution in [2.75, 3.05) is 13.2 Å². The normalized spacial score (nSPS) is 18.0. The Balaban J connectivity index is 1.96. The van der Waals surface area contributed by atoms with Gasteiger partial charge >= 0.3 is 0 Å². The second-order valence-electron chi connectivity index (χ2n) is 5.33. The number of fused-ring (bicyclic) bond motifs is 1. The first-order chi connectivity index (χ1) is 10.2. The second-order valence-corrected chi connectivity index (χ2v) is 5.80. The van der Waals surface area contributed by atoms with E-state index in [4.69, 9.17) is 21.1 Å². The summed E-state index contributed by atoms with van der Waals surface area (Å²) in [4.78, 5) is 0. The number of rotatable bonds is 4. The van der Waals surface area contributed by atoms with Crippen LogP contribution >= 0.6 is 11.6 Å². The minimum absolute atomic E-state index is 0.156. The van der Waals surface area contributed by atoms with E-state index in [1.54, 1.807) is 0 Å². The molecule has 1 aliphatic heterocycles. The molecule has 0 bridgehead atoms. The molecule has 1 heterocycles. The lowest BCUT2D eigenvalue weighted by molar-refractivity contribution is 0.319. The van der Waals surface area contributed by atoms with E-state index < -0.39 is 0 Å². The molecule has 110 valence electrons. The van der Waals surface area contributed by atoms with Crippen LogP contribution in [0.3, 0.4) is 0 Å². The van der Waals surface area contributed by atoms with Crippen molar-refractivity contribution in [3.05, 3.63) is 59.2 Å². The van der Waals surface area contributed by atoms with E-state index in [1.807, 2.05) is 31.2 Å². The summed E-state index contributed by atoms with van der Waals surface area (Å²) in [6.45, 7) is 5.31. The van der Waals surface area contributed by atoms with E-state index in [0.717, 1.165) is 17.1 Å². The number of benzene rings is 2. The molecule has 0 aromatic heterocycles. The average Bonchev–Trinajstić information content (AvgIpc) is 2.92. The van der Waals surface area contributed by atoms with Crippen LogP contribution in [0.5, 0.6) is 11.5 Å². The predicted octanol–water partition coefficient (Wildman–Crippen LogP) is 4.85. The lowest BCUT2D eigenvalue weighted by atomic mass is 9.92. The maximum absolute atomic E-state index is 6.79. The summed E-state index contributed by atoms with van der Waals surface area (Å²) >= 11 is 6.79. The van der Waals surface area contributed by atoms with Crippen LogP contribution in [0, 0.1) is 6.92 Å². The second kappa shape index (κ2) is 5.98. The van der Waals surface area contributed by atoms with Crippen LogP contribution in [-0.4, -0.2) is 13.2 Å². The summed E-state index contributed by atoms with van der Waals surface area (Å²) in [6.07, 6.45) is 0. The van der Waals surface area contributed by atoms with Gasteiger partial charge in [-0.15, -0.1) is 11.6 Å². The van der Waals surface area contributed by atoms with Crippen LogP contribution in [0.1, 0.15) is 34.9 Å². The summed E-state index contributed by atoms with van der Waals surface area (Å²) in [5.41, 5.74) is 3.41. The van der Waals surface area contributed by atoms with E-state index >= 15 is 0 Å². The van der Waals surface area contributed by atoms with E-state index in [-0.39, 0.29) is 11.3 Å². The van der Waals surface area contributed by atoms with Crippen molar-refractivity contribution in [3.63, 3.8) is 0 Å². The highest BCUT2D eigenvalue weighted by molar-refractivity contribution is 6.21. The lowest BCUT2D eigenvalue weighted by Gasteiger charge is -2.20. The highest BCUT2D eigenvalue weighted by Crippen LogP contribution is 2.46. The SMILES string of the molecule is CCOc1ccc(C)cc1C(Cl)C1COc2ccccc21. The molecule has 0 spiro atoms. The smallest absolute Gasteiger partial charge is 0.124 e. The molecule has 0 amide bonds. The van der Waals surface area contributed by atoms with Crippen molar-refractivity contribution < 1.29 is 9.47 Å². The van der Waals surface area contributed by atoms with E-state index in [9.17, 15) is 0 Å². The Bertz CT molecular complexity index is 639. The molecule has 0 N–H and O–H groups in total. The zero-order chi connectivity index (χ0) is 14.8. The summed E-state index contributed by atoms with van der Waals surface area (Å²) in [6, 6.07) is 14.3. The molecule has 2 aromatic rings. The van der Waals surface area contributed by atoms with E-state index in [0.29, 0.717) is 13.2 Å². The Morgan fingerprint density at radius 2 is 2.10 bits per heavy atom. The monoisotopic (exact) mass is 302 g/mol. The van der Waals surface area contributed by atoms with Gasteiger partial charge in [0.2, 0.25) is 0 Å². The van der Waals surface area contributed by atoms with Crippen LogP contribution in [0.15, 0.2) is 42.5 Å². The van der Waals surface area contributed by atoms with Crippen molar-refractivity contribution >= 4 is 11.6 Å². The number of ether oxygens (including phenoxy) is 2. The first kappa shape index (κ1) is 14.3. The van der Waals surface area contributed by atoms with Gasteiger partial charge in [0, 0.05) is 17.0 Å². The summed E-state index contributed by atoms with van der Waals surface area (Å²) < 4.78 is 11.5. The van der Waals surface area contributed by atoms with Gasteiger partial charge in [-0.25, -0.2) is 0 Å². The summed E-state index contributed by atoms with van der Waals surface area (Å²) in [5, 5.41) is -0.157. The van der Waals surface area contributed by atoms with Crippen LogP contribution < -0.4 is 9.47 Å². The molecule has 21 heavy (non-hydrogen) atoms. The zero-order valence-electron chi connectivity index (χ0n) is 12.3. The third kappa shape index (κ3) is 2.73. The fourth-order valence-corrected chi connectivity index (χ4v) is 3.20. The molecule has 3 heteroatoms. The topological polar surface area (TPSA) is 18.5 Å². The number of halogens is 1. The van der Waals surface area contributed by atoms with Gasteiger partial charge in [-0.2, -0.15) is 0 Å². The first-order valence-corrected chi connectivity index (χ1v) is 7.73. The molecule has 2 nitrogen and oxygen atoms in total. The molecule has 1 aliphatic rings. The van der Waals surface area contributed by atoms with Crippen molar-refractivity contribution in [1.82, 2.24) is 0 Å². The zero-order valence-corrected chi connectivity index (χ0v) is 13.1. The standard InChI is InChI=1S/C18H19ClO2/c1-3-20-17-9-8-12(2)10-14(17)18(19)15-11-21-16-7-5-4-6-13(15)16/h4-10,15,18H,3,11H2,1-2H3. The van der Waals surface area contributed by atoms with Crippen molar-refractivity contribution in [3.8, 4) is 11.5 Å². The van der Waals surface area contributed by atoms with E-state index in [2.05, 4.69) is 25.1 Å². The van der Waals surface area contributed by atoms with Gasteiger partial charge in [0.15, 0.2) is 0 Å². The van der Waals surface area contributed by atoms with Crippen LogP contribution in [-0.2, 0) is 0 Å². The molecule has 2 atom stereocenters. The number of aryl methyl sites for hydroxylation is 1. The first-order valence-electron chi connectivity index (χ1n) is 7.30. The van der Waals surface area contributed by atoms with Gasteiger partial charge in [-0.3, -0.25) is 0 Å². The fraction of sp³-hybridized carbons (Fsp3) is 0.333.